The summed E-state index contributed by atoms with van der Waals surface area (Å²) >= 11 is 5.93. The second-order valence-electron chi connectivity index (χ2n) is 6.44. The third kappa shape index (κ3) is 3.60. The zero-order chi connectivity index (χ0) is 18.1. The minimum atomic E-state index is -3.58. The van der Waals surface area contributed by atoms with Gasteiger partial charge in [0.1, 0.15) is 0 Å². The molecule has 26 heavy (non-hydrogen) atoms. The normalized spacial score (nSPS) is 19.1. The topological polar surface area (TPSA) is 67.9 Å². The van der Waals surface area contributed by atoms with Crippen LogP contribution in [0, 0.1) is 5.92 Å². The predicted molar refractivity (Wildman–Crippen MR) is 99.5 cm³/mol. The molecule has 4 rings (SSSR count). The number of fused-ring (bicyclic) bond motifs is 1. The first-order valence-electron chi connectivity index (χ1n) is 8.41. The van der Waals surface area contributed by atoms with Gasteiger partial charge in [-0.25, -0.2) is 13.1 Å². The third-order valence-electron chi connectivity index (χ3n) is 4.69. The Morgan fingerprint density at radius 1 is 1.12 bits per heavy atom. The summed E-state index contributed by atoms with van der Waals surface area (Å²) in [5.74, 6) is 1.29. The lowest BCUT2D eigenvalue weighted by Crippen LogP contribution is -2.31. The molecule has 2 aromatic rings. The van der Waals surface area contributed by atoms with Crippen molar-refractivity contribution in [2.45, 2.75) is 11.3 Å². The summed E-state index contributed by atoms with van der Waals surface area (Å²) in [6.07, 6.45) is 0.937. The fraction of sp³-hybridized carbons (Fsp3) is 0.333. The van der Waals surface area contributed by atoms with Crippen LogP contribution >= 0.6 is 11.6 Å². The van der Waals surface area contributed by atoms with Gasteiger partial charge in [0, 0.05) is 36.4 Å². The summed E-state index contributed by atoms with van der Waals surface area (Å²) in [7, 11) is -3.58. The Bertz CT molecular complexity index is 902. The molecule has 8 heteroatoms. The summed E-state index contributed by atoms with van der Waals surface area (Å²) in [4.78, 5) is 2.44. The molecule has 1 saturated heterocycles. The van der Waals surface area contributed by atoms with Crippen LogP contribution in [0.15, 0.2) is 47.4 Å². The maximum absolute atomic E-state index is 12.5. The molecule has 0 aliphatic carbocycles. The molecule has 0 bridgehead atoms. The molecule has 1 fully saturated rings. The summed E-state index contributed by atoms with van der Waals surface area (Å²) in [5.41, 5.74) is 1.11. The van der Waals surface area contributed by atoms with Gasteiger partial charge >= 0.3 is 0 Å². The van der Waals surface area contributed by atoms with E-state index in [1.54, 1.807) is 6.07 Å². The largest absolute Gasteiger partial charge is 0.454 e. The van der Waals surface area contributed by atoms with Gasteiger partial charge in [-0.1, -0.05) is 11.6 Å². The molecule has 2 aromatic carbocycles. The second-order valence-corrected chi connectivity index (χ2v) is 8.65. The van der Waals surface area contributed by atoms with Crippen molar-refractivity contribution in [3.63, 3.8) is 0 Å². The van der Waals surface area contributed by atoms with Crippen LogP contribution in [0.25, 0.3) is 0 Å². The number of ether oxygens (including phenoxy) is 2. The molecule has 1 N–H and O–H groups in total. The Kier molecular flexibility index (Phi) is 4.69. The first kappa shape index (κ1) is 17.5. The predicted octanol–water partition coefficient (Wildman–Crippen LogP) is 2.87. The van der Waals surface area contributed by atoms with Crippen LogP contribution in [-0.4, -0.2) is 34.8 Å². The molecule has 1 atom stereocenters. The van der Waals surface area contributed by atoms with E-state index in [2.05, 4.69) is 9.62 Å². The number of nitrogens with zero attached hydrogens (tertiary/aromatic N) is 1. The van der Waals surface area contributed by atoms with Crippen LogP contribution in [0.3, 0.4) is 0 Å². The Balaban J connectivity index is 1.37. The molecule has 2 heterocycles. The molecule has 0 amide bonds. The molecule has 0 spiro atoms. The fourth-order valence-electron chi connectivity index (χ4n) is 3.24. The van der Waals surface area contributed by atoms with E-state index in [9.17, 15) is 8.42 Å². The van der Waals surface area contributed by atoms with Gasteiger partial charge in [0.25, 0.3) is 0 Å². The highest BCUT2D eigenvalue weighted by molar-refractivity contribution is 7.89. The fourth-order valence-corrected chi connectivity index (χ4v) is 4.50. The SMILES string of the molecule is O=S(=O)(NCC1CCN(c2ccc(Cl)cc2)C1)c1ccc2c(c1)OCO2. The summed E-state index contributed by atoms with van der Waals surface area (Å²) < 4.78 is 38.3. The molecule has 2 aliphatic rings. The Morgan fingerprint density at radius 2 is 1.88 bits per heavy atom. The van der Waals surface area contributed by atoms with Gasteiger partial charge in [-0.2, -0.15) is 0 Å². The third-order valence-corrected chi connectivity index (χ3v) is 6.37. The number of hydrogen-bond acceptors (Lipinski definition) is 5. The van der Waals surface area contributed by atoms with E-state index in [-0.39, 0.29) is 17.6 Å². The van der Waals surface area contributed by atoms with E-state index in [0.717, 1.165) is 25.2 Å². The van der Waals surface area contributed by atoms with Crippen LogP contribution in [0.5, 0.6) is 11.5 Å². The van der Waals surface area contributed by atoms with Gasteiger partial charge in [-0.15, -0.1) is 0 Å². The average molecular weight is 395 g/mol. The highest BCUT2D eigenvalue weighted by Crippen LogP contribution is 2.34. The molecule has 138 valence electrons. The van der Waals surface area contributed by atoms with Crippen molar-refractivity contribution in [2.75, 3.05) is 31.3 Å². The van der Waals surface area contributed by atoms with E-state index in [1.165, 1.54) is 12.1 Å². The van der Waals surface area contributed by atoms with Gasteiger partial charge < -0.3 is 14.4 Å². The van der Waals surface area contributed by atoms with Crippen LogP contribution < -0.4 is 19.1 Å². The van der Waals surface area contributed by atoms with Gasteiger partial charge in [0.15, 0.2) is 11.5 Å². The molecule has 2 aliphatic heterocycles. The van der Waals surface area contributed by atoms with Crippen LogP contribution in [0.4, 0.5) is 5.69 Å². The quantitative estimate of drug-likeness (QED) is 0.844. The van der Waals surface area contributed by atoms with Gasteiger partial charge in [0.2, 0.25) is 16.8 Å². The molecular formula is C18H19ClN2O4S. The summed E-state index contributed by atoms with van der Waals surface area (Å²) in [6.45, 7) is 2.24. The van der Waals surface area contributed by atoms with Gasteiger partial charge in [-0.3, -0.25) is 0 Å². The Hall–Kier alpha value is -1.96. The van der Waals surface area contributed by atoms with E-state index in [1.807, 2.05) is 24.3 Å². The number of sulfonamides is 1. The Morgan fingerprint density at radius 3 is 2.69 bits per heavy atom. The number of halogens is 1. The molecule has 0 radical (unpaired) electrons. The van der Waals surface area contributed by atoms with Crippen LogP contribution in [0.1, 0.15) is 6.42 Å². The monoisotopic (exact) mass is 394 g/mol. The van der Waals surface area contributed by atoms with Crippen molar-refractivity contribution in [1.29, 1.82) is 0 Å². The van der Waals surface area contributed by atoms with Crippen molar-refractivity contribution in [3.8, 4) is 11.5 Å². The minimum absolute atomic E-state index is 0.120. The van der Waals surface area contributed by atoms with E-state index in [0.29, 0.717) is 23.1 Å². The number of rotatable bonds is 5. The molecule has 0 saturated carbocycles. The number of anilines is 1. The van der Waals surface area contributed by atoms with Gasteiger partial charge in [0.05, 0.1) is 4.90 Å². The van der Waals surface area contributed by atoms with Crippen molar-refractivity contribution >= 4 is 27.3 Å². The second kappa shape index (κ2) is 6.98. The van der Waals surface area contributed by atoms with E-state index < -0.39 is 10.0 Å². The maximum atomic E-state index is 12.5. The number of hydrogen-bond donors (Lipinski definition) is 1. The highest BCUT2D eigenvalue weighted by atomic mass is 35.5. The molecular weight excluding hydrogens is 376 g/mol. The number of benzene rings is 2. The van der Waals surface area contributed by atoms with Crippen molar-refractivity contribution in [1.82, 2.24) is 4.72 Å². The van der Waals surface area contributed by atoms with E-state index >= 15 is 0 Å². The first-order valence-corrected chi connectivity index (χ1v) is 10.3. The van der Waals surface area contributed by atoms with Crippen LogP contribution in [0.2, 0.25) is 5.02 Å². The minimum Gasteiger partial charge on any atom is -0.454 e. The lowest BCUT2D eigenvalue weighted by Gasteiger charge is -2.19. The zero-order valence-electron chi connectivity index (χ0n) is 14.0. The lowest BCUT2D eigenvalue weighted by atomic mass is 10.1. The van der Waals surface area contributed by atoms with Gasteiger partial charge in [-0.05, 0) is 48.7 Å². The van der Waals surface area contributed by atoms with Crippen molar-refractivity contribution in [3.05, 3.63) is 47.5 Å². The number of nitrogens with one attached hydrogen (secondary N) is 1. The molecule has 0 aromatic heterocycles. The summed E-state index contributed by atoms with van der Waals surface area (Å²) in [6, 6.07) is 12.4. The van der Waals surface area contributed by atoms with Crippen molar-refractivity contribution in [2.24, 2.45) is 5.92 Å². The highest BCUT2D eigenvalue weighted by Gasteiger charge is 2.26. The average Bonchev–Trinajstić information content (AvgIpc) is 3.29. The Labute approximate surface area is 157 Å². The summed E-state index contributed by atoms with van der Waals surface area (Å²) in [5, 5.41) is 0.709. The lowest BCUT2D eigenvalue weighted by molar-refractivity contribution is 0.174. The molecule has 6 nitrogen and oxygen atoms in total. The standard InChI is InChI=1S/C18H19ClN2O4S/c19-14-1-3-15(4-2-14)21-8-7-13(11-21)10-20-26(22,23)16-5-6-17-18(9-16)25-12-24-17/h1-6,9,13,20H,7-8,10-12H2. The maximum Gasteiger partial charge on any atom is 0.240 e. The van der Waals surface area contributed by atoms with E-state index in [4.69, 9.17) is 21.1 Å². The van der Waals surface area contributed by atoms with Crippen LogP contribution in [-0.2, 0) is 10.0 Å². The smallest absolute Gasteiger partial charge is 0.240 e. The molecule has 1 unspecified atom stereocenters. The zero-order valence-corrected chi connectivity index (χ0v) is 15.6. The van der Waals surface area contributed by atoms with Crippen molar-refractivity contribution < 1.29 is 17.9 Å². The first-order chi connectivity index (χ1) is 12.5.